The van der Waals surface area contributed by atoms with Gasteiger partial charge in [-0.15, -0.1) is 0 Å². The summed E-state index contributed by atoms with van der Waals surface area (Å²) in [5.41, 5.74) is 7.28. The highest BCUT2D eigenvalue weighted by atomic mass is 19.1. The van der Waals surface area contributed by atoms with Crippen LogP contribution in [0.4, 0.5) is 15.8 Å². The Balaban J connectivity index is 2.22. The Kier molecular flexibility index (Phi) is 4.14. The monoisotopic (exact) mass is 267 g/mol. The maximum atomic E-state index is 13.7. The number of nitrogens with two attached hydrogens (primary N) is 1. The van der Waals surface area contributed by atoms with E-state index in [1.807, 2.05) is 6.92 Å². The van der Waals surface area contributed by atoms with Crippen LogP contribution in [0.1, 0.15) is 13.3 Å². The van der Waals surface area contributed by atoms with Gasteiger partial charge in [-0.25, -0.2) is 4.39 Å². The van der Waals surface area contributed by atoms with Crippen molar-refractivity contribution in [1.29, 1.82) is 0 Å². The van der Waals surface area contributed by atoms with Crippen LogP contribution in [0.15, 0.2) is 12.1 Å². The van der Waals surface area contributed by atoms with Crippen LogP contribution in [0.3, 0.4) is 0 Å². The zero-order valence-electron chi connectivity index (χ0n) is 11.8. The third kappa shape index (κ3) is 2.92. The molecule has 0 spiro atoms. The normalized spacial score (nSPS) is 19.2. The fourth-order valence-electron chi connectivity index (χ4n) is 2.48. The number of nitrogens with zero attached hydrogens (tertiary/aromatic N) is 2. The zero-order valence-corrected chi connectivity index (χ0v) is 11.8. The Morgan fingerprint density at radius 2 is 2.21 bits per heavy atom. The molecule has 0 saturated carbocycles. The lowest BCUT2D eigenvalue weighted by molar-refractivity contribution is 0.315. The topological polar surface area (TPSA) is 41.7 Å². The molecule has 1 heterocycles. The lowest BCUT2D eigenvalue weighted by Gasteiger charge is -2.23. The maximum Gasteiger partial charge on any atom is 0.167 e. The van der Waals surface area contributed by atoms with Gasteiger partial charge in [0.1, 0.15) is 0 Å². The summed E-state index contributed by atoms with van der Waals surface area (Å²) in [6, 6.07) is 3.58. The fourth-order valence-corrected chi connectivity index (χ4v) is 2.48. The van der Waals surface area contributed by atoms with E-state index in [4.69, 9.17) is 10.5 Å². The first-order chi connectivity index (χ1) is 9.02. The van der Waals surface area contributed by atoms with Crippen LogP contribution in [-0.2, 0) is 0 Å². The quantitative estimate of drug-likeness (QED) is 0.847. The van der Waals surface area contributed by atoms with Crippen molar-refractivity contribution in [2.75, 3.05) is 44.4 Å². The summed E-state index contributed by atoms with van der Waals surface area (Å²) in [5, 5.41) is 0. The Hall–Kier alpha value is -1.49. The molecule has 19 heavy (non-hydrogen) atoms. The first-order valence-corrected chi connectivity index (χ1v) is 6.66. The summed E-state index contributed by atoms with van der Waals surface area (Å²) < 4.78 is 19.0. The predicted molar refractivity (Wildman–Crippen MR) is 76.3 cm³/mol. The van der Waals surface area contributed by atoms with Crippen LogP contribution in [0.2, 0.25) is 0 Å². The molecule has 1 aromatic rings. The van der Waals surface area contributed by atoms with Crippen molar-refractivity contribution in [3.8, 4) is 5.75 Å². The largest absolute Gasteiger partial charge is 0.491 e. The smallest absolute Gasteiger partial charge is 0.167 e. The van der Waals surface area contributed by atoms with Crippen molar-refractivity contribution in [3.63, 3.8) is 0 Å². The fraction of sp³-hybridized carbons (Fsp3) is 0.571. The molecule has 4 nitrogen and oxygen atoms in total. The third-order valence-electron chi connectivity index (χ3n) is 3.62. The molecule has 0 radical (unpaired) electrons. The number of hydrogen-bond acceptors (Lipinski definition) is 4. The Bertz CT molecular complexity index is 451. The van der Waals surface area contributed by atoms with E-state index in [9.17, 15) is 4.39 Å². The molecule has 0 aliphatic carbocycles. The molecule has 1 aromatic carbocycles. The van der Waals surface area contributed by atoms with E-state index < -0.39 is 5.82 Å². The summed E-state index contributed by atoms with van der Waals surface area (Å²) in [5.74, 6) is -0.119. The van der Waals surface area contributed by atoms with Crippen molar-refractivity contribution in [2.45, 2.75) is 19.4 Å². The first-order valence-electron chi connectivity index (χ1n) is 6.66. The van der Waals surface area contributed by atoms with Gasteiger partial charge in [-0.3, -0.25) is 0 Å². The first kappa shape index (κ1) is 13.9. The second-order valence-electron chi connectivity index (χ2n) is 5.13. The van der Waals surface area contributed by atoms with E-state index in [0.29, 0.717) is 18.3 Å². The van der Waals surface area contributed by atoms with Gasteiger partial charge in [0.25, 0.3) is 0 Å². The molecule has 0 bridgehead atoms. The van der Waals surface area contributed by atoms with Gasteiger partial charge in [0, 0.05) is 31.3 Å². The number of anilines is 2. The van der Waals surface area contributed by atoms with Gasteiger partial charge in [-0.1, -0.05) is 0 Å². The van der Waals surface area contributed by atoms with E-state index in [2.05, 4.69) is 23.9 Å². The molecular formula is C14H22FN3O. The molecule has 1 unspecified atom stereocenters. The number of rotatable bonds is 4. The second-order valence-corrected chi connectivity index (χ2v) is 5.13. The Labute approximate surface area is 113 Å². The van der Waals surface area contributed by atoms with Gasteiger partial charge in [-0.05, 0) is 27.4 Å². The molecule has 2 N–H and O–H groups in total. The van der Waals surface area contributed by atoms with Gasteiger partial charge in [0.2, 0.25) is 0 Å². The van der Waals surface area contributed by atoms with Crippen molar-refractivity contribution >= 4 is 11.4 Å². The van der Waals surface area contributed by atoms with Crippen molar-refractivity contribution in [3.05, 3.63) is 17.9 Å². The molecule has 0 amide bonds. The summed E-state index contributed by atoms with van der Waals surface area (Å²) in [7, 11) is 4.15. The van der Waals surface area contributed by atoms with Gasteiger partial charge in [0.15, 0.2) is 11.6 Å². The van der Waals surface area contributed by atoms with Crippen molar-refractivity contribution in [1.82, 2.24) is 4.90 Å². The van der Waals surface area contributed by atoms with Gasteiger partial charge >= 0.3 is 0 Å². The van der Waals surface area contributed by atoms with E-state index >= 15 is 0 Å². The van der Waals surface area contributed by atoms with Crippen LogP contribution in [0.25, 0.3) is 0 Å². The van der Waals surface area contributed by atoms with E-state index in [0.717, 1.165) is 25.2 Å². The van der Waals surface area contributed by atoms with Crippen LogP contribution in [0.5, 0.6) is 5.75 Å². The molecule has 1 aliphatic heterocycles. The number of ether oxygens (including phenoxy) is 1. The highest BCUT2D eigenvalue weighted by Crippen LogP contribution is 2.33. The van der Waals surface area contributed by atoms with E-state index in [1.54, 1.807) is 6.07 Å². The van der Waals surface area contributed by atoms with Crippen LogP contribution < -0.4 is 15.4 Å². The van der Waals surface area contributed by atoms with Gasteiger partial charge in [-0.2, -0.15) is 0 Å². The minimum atomic E-state index is -0.397. The van der Waals surface area contributed by atoms with Gasteiger partial charge in [0.05, 0.1) is 18.0 Å². The molecule has 1 saturated heterocycles. The standard InChI is InChI=1S/C14H22FN3O/c1-4-19-14-8-13(12(16)7-11(14)15)18-6-5-10(9-18)17(2)3/h7-8,10H,4-6,9,16H2,1-3H3. The average molecular weight is 267 g/mol. The Morgan fingerprint density at radius 3 is 2.79 bits per heavy atom. The molecule has 5 heteroatoms. The summed E-state index contributed by atoms with van der Waals surface area (Å²) >= 11 is 0. The number of nitrogen functional groups attached to an aromatic ring is 1. The van der Waals surface area contributed by atoms with E-state index in [-0.39, 0.29) is 5.75 Å². The van der Waals surface area contributed by atoms with Gasteiger partial charge < -0.3 is 20.3 Å². The molecule has 2 rings (SSSR count). The van der Waals surface area contributed by atoms with Crippen molar-refractivity contribution in [2.24, 2.45) is 0 Å². The van der Waals surface area contributed by atoms with Crippen LogP contribution in [-0.4, -0.2) is 44.7 Å². The van der Waals surface area contributed by atoms with E-state index in [1.165, 1.54) is 6.07 Å². The SMILES string of the molecule is CCOc1cc(N2CCC(N(C)C)C2)c(N)cc1F. The Morgan fingerprint density at radius 1 is 1.47 bits per heavy atom. The lowest BCUT2D eigenvalue weighted by atomic mass is 10.2. The van der Waals surface area contributed by atoms with Crippen LogP contribution in [0, 0.1) is 5.82 Å². The average Bonchev–Trinajstić information content (AvgIpc) is 2.82. The van der Waals surface area contributed by atoms with Crippen LogP contribution >= 0.6 is 0 Å². The maximum absolute atomic E-state index is 13.7. The molecule has 1 aliphatic rings. The number of halogens is 1. The molecule has 1 atom stereocenters. The highest BCUT2D eigenvalue weighted by molar-refractivity contribution is 5.70. The molecular weight excluding hydrogens is 245 g/mol. The molecule has 0 aromatic heterocycles. The highest BCUT2D eigenvalue weighted by Gasteiger charge is 2.26. The second kappa shape index (κ2) is 5.65. The number of benzene rings is 1. The van der Waals surface area contributed by atoms with Crippen molar-refractivity contribution < 1.29 is 9.13 Å². The predicted octanol–water partition coefficient (Wildman–Crippen LogP) is 1.95. The minimum Gasteiger partial charge on any atom is -0.491 e. The minimum absolute atomic E-state index is 0.278. The number of hydrogen-bond donors (Lipinski definition) is 1. The zero-order chi connectivity index (χ0) is 14.0. The summed E-state index contributed by atoms with van der Waals surface area (Å²) in [6.07, 6.45) is 1.09. The molecule has 106 valence electrons. The molecule has 1 fully saturated rings. The summed E-state index contributed by atoms with van der Waals surface area (Å²) in [6.45, 7) is 4.13. The number of likely N-dealkylation sites (N-methyl/N-ethyl adjacent to an activating group) is 1. The lowest BCUT2D eigenvalue weighted by Crippen LogP contribution is -2.31. The summed E-state index contributed by atoms with van der Waals surface area (Å²) in [4.78, 5) is 4.41. The third-order valence-corrected chi connectivity index (χ3v) is 3.62.